The Labute approximate surface area is 121 Å². The molecule has 2 aromatic rings. The quantitative estimate of drug-likeness (QED) is 0.903. The van der Waals surface area contributed by atoms with Gasteiger partial charge in [-0.05, 0) is 24.3 Å². The SMILES string of the molecule is O=C(Nc1ncccc1O)c1ccc(C2OCCO2)cc1. The van der Waals surface area contributed by atoms with Crippen LogP contribution >= 0.6 is 0 Å². The van der Waals surface area contributed by atoms with Crippen molar-refractivity contribution in [3.8, 4) is 5.75 Å². The molecule has 0 aliphatic carbocycles. The molecule has 6 nitrogen and oxygen atoms in total. The second kappa shape index (κ2) is 5.90. The van der Waals surface area contributed by atoms with E-state index in [1.807, 2.05) is 0 Å². The minimum atomic E-state index is -0.359. The number of carbonyl (C=O) groups is 1. The molecule has 1 aliphatic heterocycles. The van der Waals surface area contributed by atoms with E-state index >= 15 is 0 Å². The zero-order chi connectivity index (χ0) is 14.7. The van der Waals surface area contributed by atoms with Gasteiger partial charge in [-0.2, -0.15) is 0 Å². The molecular weight excluding hydrogens is 272 g/mol. The number of aromatic hydroxyl groups is 1. The number of aromatic nitrogens is 1. The fourth-order valence-electron chi connectivity index (χ4n) is 2.02. The summed E-state index contributed by atoms with van der Waals surface area (Å²) in [6, 6.07) is 9.96. The Morgan fingerprint density at radius 2 is 1.90 bits per heavy atom. The van der Waals surface area contributed by atoms with Crippen LogP contribution in [0, 0.1) is 0 Å². The summed E-state index contributed by atoms with van der Waals surface area (Å²) < 4.78 is 10.8. The maximum Gasteiger partial charge on any atom is 0.256 e. The van der Waals surface area contributed by atoms with Gasteiger partial charge in [0.25, 0.3) is 5.91 Å². The van der Waals surface area contributed by atoms with Crippen molar-refractivity contribution in [2.45, 2.75) is 6.29 Å². The molecule has 0 bridgehead atoms. The Kier molecular flexibility index (Phi) is 3.81. The third-order valence-corrected chi connectivity index (χ3v) is 3.09. The Morgan fingerprint density at radius 3 is 2.57 bits per heavy atom. The molecule has 1 amide bonds. The molecule has 1 fully saturated rings. The number of nitrogens with zero attached hydrogens (tertiary/aromatic N) is 1. The van der Waals surface area contributed by atoms with Crippen LogP contribution in [0.4, 0.5) is 5.82 Å². The summed E-state index contributed by atoms with van der Waals surface area (Å²) in [5.74, 6) is -0.284. The number of hydrogen-bond donors (Lipinski definition) is 2. The minimum Gasteiger partial charge on any atom is -0.504 e. The van der Waals surface area contributed by atoms with Crippen LogP contribution in [0.1, 0.15) is 22.2 Å². The Balaban J connectivity index is 1.71. The van der Waals surface area contributed by atoms with Gasteiger partial charge in [0, 0.05) is 17.3 Å². The highest BCUT2D eigenvalue weighted by Crippen LogP contribution is 2.24. The Hall–Kier alpha value is -2.44. The standard InChI is InChI=1S/C15H14N2O4/c18-12-2-1-7-16-13(12)17-14(19)10-3-5-11(6-4-10)15-20-8-9-21-15/h1-7,15,18H,8-9H2,(H,16,17,19). The third-order valence-electron chi connectivity index (χ3n) is 3.09. The van der Waals surface area contributed by atoms with Gasteiger partial charge >= 0.3 is 0 Å². The molecule has 21 heavy (non-hydrogen) atoms. The minimum absolute atomic E-state index is 0.0739. The van der Waals surface area contributed by atoms with E-state index in [1.165, 1.54) is 12.3 Å². The lowest BCUT2D eigenvalue weighted by molar-refractivity contribution is -0.0441. The van der Waals surface area contributed by atoms with Gasteiger partial charge in [-0.15, -0.1) is 0 Å². The van der Waals surface area contributed by atoms with E-state index < -0.39 is 0 Å². The van der Waals surface area contributed by atoms with Crippen molar-refractivity contribution < 1.29 is 19.4 Å². The van der Waals surface area contributed by atoms with Crippen molar-refractivity contribution in [1.29, 1.82) is 0 Å². The van der Waals surface area contributed by atoms with Gasteiger partial charge in [-0.1, -0.05) is 12.1 Å². The van der Waals surface area contributed by atoms with Gasteiger partial charge in [-0.25, -0.2) is 4.98 Å². The van der Waals surface area contributed by atoms with Gasteiger partial charge in [-0.3, -0.25) is 4.79 Å². The van der Waals surface area contributed by atoms with Gasteiger partial charge in [0.1, 0.15) is 0 Å². The molecule has 108 valence electrons. The smallest absolute Gasteiger partial charge is 0.256 e. The normalized spacial score (nSPS) is 15.0. The number of benzene rings is 1. The summed E-state index contributed by atoms with van der Waals surface area (Å²) in [4.78, 5) is 16.0. The number of nitrogens with one attached hydrogen (secondary N) is 1. The zero-order valence-electron chi connectivity index (χ0n) is 11.2. The van der Waals surface area contributed by atoms with Crippen LogP contribution in [-0.4, -0.2) is 29.2 Å². The van der Waals surface area contributed by atoms with Crippen molar-refractivity contribution >= 4 is 11.7 Å². The molecule has 1 aliphatic rings. The monoisotopic (exact) mass is 286 g/mol. The molecule has 1 aromatic carbocycles. The topological polar surface area (TPSA) is 80.7 Å². The molecule has 1 saturated heterocycles. The van der Waals surface area contributed by atoms with E-state index in [9.17, 15) is 9.90 Å². The highest BCUT2D eigenvalue weighted by atomic mass is 16.7. The number of amides is 1. The summed E-state index contributed by atoms with van der Waals surface area (Å²) in [7, 11) is 0. The summed E-state index contributed by atoms with van der Waals surface area (Å²) >= 11 is 0. The zero-order valence-corrected chi connectivity index (χ0v) is 11.2. The van der Waals surface area contributed by atoms with Crippen LogP contribution in [0.2, 0.25) is 0 Å². The summed E-state index contributed by atoms with van der Waals surface area (Å²) in [5.41, 5.74) is 1.33. The van der Waals surface area contributed by atoms with Crippen LogP contribution in [0.5, 0.6) is 5.75 Å². The van der Waals surface area contributed by atoms with Crippen molar-refractivity contribution in [1.82, 2.24) is 4.98 Å². The predicted octanol–water partition coefficient (Wildman–Crippen LogP) is 2.08. The van der Waals surface area contributed by atoms with Gasteiger partial charge in [0.05, 0.1) is 13.2 Å². The van der Waals surface area contributed by atoms with Crippen molar-refractivity contribution in [2.24, 2.45) is 0 Å². The first-order valence-electron chi connectivity index (χ1n) is 6.52. The van der Waals surface area contributed by atoms with Crippen LogP contribution in [0.15, 0.2) is 42.6 Å². The predicted molar refractivity (Wildman–Crippen MR) is 74.9 cm³/mol. The number of carbonyl (C=O) groups excluding carboxylic acids is 1. The van der Waals surface area contributed by atoms with Gasteiger partial charge in [0.2, 0.25) is 0 Å². The molecule has 0 saturated carbocycles. The lowest BCUT2D eigenvalue weighted by atomic mass is 10.1. The van der Waals surface area contributed by atoms with E-state index in [0.717, 1.165) is 5.56 Å². The molecule has 3 rings (SSSR count). The average Bonchev–Trinajstić information content (AvgIpc) is 3.04. The number of hydrogen-bond acceptors (Lipinski definition) is 5. The van der Waals surface area contributed by atoms with E-state index in [1.54, 1.807) is 30.3 Å². The van der Waals surface area contributed by atoms with Crippen LogP contribution in [0.25, 0.3) is 0 Å². The molecule has 1 aromatic heterocycles. The van der Waals surface area contributed by atoms with E-state index in [4.69, 9.17) is 9.47 Å². The molecule has 0 unspecified atom stereocenters. The number of rotatable bonds is 3. The first-order valence-corrected chi connectivity index (χ1v) is 6.52. The van der Waals surface area contributed by atoms with Crippen molar-refractivity contribution in [3.05, 3.63) is 53.7 Å². The molecule has 0 radical (unpaired) electrons. The summed E-state index contributed by atoms with van der Waals surface area (Å²) in [6.07, 6.45) is 1.13. The van der Waals surface area contributed by atoms with Crippen LogP contribution < -0.4 is 5.32 Å². The highest BCUT2D eigenvalue weighted by molar-refractivity contribution is 6.04. The Bertz CT molecular complexity index is 636. The first kappa shape index (κ1) is 13.5. The second-order valence-corrected chi connectivity index (χ2v) is 4.52. The average molecular weight is 286 g/mol. The highest BCUT2D eigenvalue weighted by Gasteiger charge is 2.18. The maximum absolute atomic E-state index is 12.1. The van der Waals surface area contributed by atoms with Crippen molar-refractivity contribution in [2.75, 3.05) is 18.5 Å². The molecule has 0 atom stereocenters. The van der Waals surface area contributed by atoms with E-state index in [0.29, 0.717) is 18.8 Å². The molecular formula is C15H14N2O4. The van der Waals surface area contributed by atoms with E-state index in [-0.39, 0.29) is 23.8 Å². The van der Waals surface area contributed by atoms with Gasteiger partial charge < -0.3 is 19.9 Å². The molecule has 0 spiro atoms. The van der Waals surface area contributed by atoms with E-state index in [2.05, 4.69) is 10.3 Å². The number of anilines is 1. The summed E-state index contributed by atoms with van der Waals surface area (Å²) in [6.45, 7) is 1.15. The van der Waals surface area contributed by atoms with Crippen LogP contribution in [0.3, 0.4) is 0 Å². The lowest BCUT2D eigenvalue weighted by Gasteiger charge is -2.10. The largest absolute Gasteiger partial charge is 0.504 e. The molecule has 6 heteroatoms. The Morgan fingerprint density at radius 1 is 1.19 bits per heavy atom. The fraction of sp³-hybridized carbons (Fsp3) is 0.200. The fourth-order valence-corrected chi connectivity index (χ4v) is 2.02. The van der Waals surface area contributed by atoms with Crippen LogP contribution in [-0.2, 0) is 9.47 Å². The van der Waals surface area contributed by atoms with Gasteiger partial charge in [0.15, 0.2) is 17.9 Å². The third kappa shape index (κ3) is 3.01. The van der Waals surface area contributed by atoms with Crippen molar-refractivity contribution in [3.63, 3.8) is 0 Å². The second-order valence-electron chi connectivity index (χ2n) is 4.52. The summed E-state index contributed by atoms with van der Waals surface area (Å²) in [5, 5.41) is 12.1. The molecule has 2 heterocycles. The first-order chi connectivity index (χ1) is 10.2. The molecule has 2 N–H and O–H groups in total. The maximum atomic E-state index is 12.1. The number of pyridine rings is 1. The number of ether oxygens (including phenoxy) is 2. The lowest BCUT2D eigenvalue weighted by Crippen LogP contribution is -2.13.